The van der Waals surface area contributed by atoms with E-state index in [9.17, 15) is 4.89 Å². The SMILES string of the molecule is CCOP(O)(=S)Oc1c(Br)cc(C=[N+](OC)c2ccccc2)cc1Br. The molecule has 0 aliphatic rings. The summed E-state index contributed by atoms with van der Waals surface area (Å²) in [5.74, 6) is 0.389. The summed E-state index contributed by atoms with van der Waals surface area (Å²) in [5.41, 5.74) is 1.74. The maximum Gasteiger partial charge on any atom is 0.377 e. The zero-order chi connectivity index (χ0) is 18.4. The molecular formula is C16H17Br2NO4PS+. The van der Waals surface area contributed by atoms with Gasteiger partial charge in [0.25, 0.3) is 5.69 Å². The predicted octanol–water partition coefficient (Wildman–Crippen LogP) is 5.17. The summed E-state index contributed by atoms with van der Waals surface area (Å²) in [6.07, 6.45) is 1.83. The molecule has 134 valence electrons. The van der Waals surface area contributed by atoms with Crippen LogP contribution < -0.4 is 4.52 Å². The molecule has 1 unspecified atom stereocenters. The molecule has 2 aromatic carbocycles. The first-order chi connectivity index (χ1) is 11.9. The molecule has 5 nitrogen and oxygen atoms in total. The second-order valence-electron chi connectivity index (χ2n) is 4.76. The van der Waals surface area contributed by atoms with Crippen LogP contribution in [0.15, 0.2) is 51.4 Å². The smallest absolute Gasteiger partial charge is 0.377 e. The van der Waals surface area contributed by atoms with Crippen LogP contribution in [-0.4, -0.2) is 29.6 Å². The molecule has 0 radical (unpaired) electrons. The lowest BCUT2D eigenvalue weighted by molar-refractivity contribution is -0.716. The molecule has 0 spiro atoms. The van der Waals surface area contributed by atoms with Gasteiger partial charge in [0.2, 0.25) is 6.21 Å². The molecule has 0 aromatic heterocycles. The summed E-state index contributed by atoms with van der Waals surface area (Å²) in [6.45, 7) is -1.32. The van der Waals surface area contributed by atoms with Crippen molar-refractivity contribution in [1.82, 2.24) is 0 Å². The Morgan fingerprint density at radius 1 is 1.20 bits per heavy atom. The Morgan fingerprint density at radius 3 is 2.32 bits per heavy atom. The van der Waals surface area contributed by atoms with Crippen LogP contribution in [0.4, 0.5) is 5.69 Å². The molecule has 25 heavy (non-hydrogen) atoms. The first kappa shape index (κ1) is 20.6. The van der Waals surface area contributed by atoms with E-state index < -0.39 is 6.72 Å². The first-order valence-electron chi connectivity index (χ1n) is 7.25. The standard InChI is InChI=1S/C16H16Br2NO4PS/c1-3-22-24(20,25)23-16-14(17)9-12(10-15(16)18)11-19(21-2)13-7-5-4-6-8-13/h4-11H,3H2,1-2H3/p+1. The van der Waals surface area contributed by atoms with E-state index in [1.807, 2.05) is 48.7 Å². The Bertz CT molecular complexity index is 794. The molecule has 0 heterocycles. The summed E-state index contributed by atoms with van der Waals surface area (Å²) < 4.78 is 13.5. The second kappa shape index (κ2) is 9.26. The lowest BCUT2D eigenvalue weighted by Crippen LogP contribution is -2.06. The topological polar surface area (TPSA) is 50.9 Å². The van der Waals surface area contributed by atoms with Crippen molar-refractivity contribution in [2.24, 2.45) is 0 Å². The van der Waals surface area contributed by atoms with Gasteiger partial charge in [-0.1, -0.05) is 18.2 Å². The van der Waals surface area contributed by atoms with E-state index in [2.05, 4.69) is 31.9 Å². The first-order valence-corrected chi connectivity index (χ1v) is 11.4. The number of benzene rings is 2. The molecule has 9 heteroatoms. The van der Waals surface area contributed by atoms with Crippen molar-refractivity contribution in [3.05, 3.63) is 57.0 Å². The van der Waals surface area contributed by atoms with E-state index >= 15 is 0 Å². The highest BCUT2D eigenvalue weighted by molar-refractivity contribution is 9.11. The van der Waals surface area contributed by atoms with E-state index in [0.29, 0.717) is 14.7 Å². The van der Waals surface area contributed by atoms with E-state index in [0.717, 1.165) is 11.3 Å². The number of nitrogens with zero attached hydrogens (tertiary/aromatic N) is 1. The Balaban J connectivity index is 2.36. The monoisotopic (exact) mass is 508 g/mol. The van der Waals surface area contributed by atoms with Crippen LogP contribution in [0.5, 0.6) is 5.75 Å². The van der Waals surface area contributed by atoms with Crippen LogP contribution in [0, 0.1) is 0 Å². The molecule has 0 aliphatic carbocycles. The fourth-order valence-electron chi connectivity index (χ4n) is 1.99. The molecule has 2 aromatic rings. The zero-order valence-electron chi connectivity index (χ0n) is 13.6. The van der Waals surface area contributed by atoms with Crippen molar-refractivity contribution < 1.29 is 23.5 Å². The number of halogens is 2. The lowest BCUT2D eigenvalue weighted by atomic mass is 10.2. The van der Waals surface area contributed by atoms with E-state index in [1.54, 1.807) is 18.8 Å². The number of hydrogen-bond donors (Lipinski definition) is 1. The van der Waals surface area contributed by atoms with E-state index in [4.69, 9.17) is 25.7 Å². The van der Waals surface area contributed by atoms with Gasteiger partial charge in [0.15, 0.2) is 5.75 Å². The Hall–Kier alpha value is -0.760. The average molecular weight is 510 g/mol. The second-order valence-corrected chi connectivity index (χ2v) is 9.24. The van der Waals surface area contributed by atoms with Gasteiger partial charge in [-0.15, -0.1) is 0 Å². The molecule has 1 N–H and O–H groups in total. The summed E-state index contributed by atoms with van der Waals surface area (Å²) in [4.78, 5) is 15.4. The molecular weight excluding hydrogens is 493 g/mol. The van der Waals surface area contributed by atoms with Gasteiger partial charge in [-0.3, -0.25) is 9.36 Å². The molecule has 1 atom stereocenters. The van der Waals surface area contributed by atoms with Crippen LogP contribution in [-0.2, 0) is 21.2 Å². The van der Waals surface area contributed by atoms with Crippen LogP contribution in [0.3, 0.4) is 0 Å². The molecule has 0 saturated carbocycles. The van der Waals surface area contributed by atoms with Gasteiger partial charge in [-0.05, 0) is 50.9 Å². The number of hydrogen-bond acceptors (Lipinski definition) is 4. The van der Waals surface area contributed by atoms with Crippen LogP contribution in [0.1, 0.15) is 12.5 Å². The predicted molar refractivity (Wildman–Crippen MR) is 109 cm³/mol. The van der Waals surface area contributed by atoms with Crippen LogP contribution in [0.2, 0.25) is 0 Å². The van der Waals surface area contributed by atoms with Gasteiger partial charge in [0.1, 0.15) is 7.11 Å². The van der Waals surface area contributed by atoms with E-state index in [-0.39, 0.29) is 6.61 Å². The van der Waals surface area contributed by atoms with Crippen molar-refractivity contribution in [1.29, 1.82) is 0 Å². The fourth-order valence-corrected chi connectivity index (χ4v) is 4.97. The fraction of sp³-hybridized carbons (Fsp3) is 0.188. The molecule has 0 fully saturated rings. The van der Waals surface area contributed by atoms with Crippen molar-refractivity contribution >= 4 is 62.3 Å². The minimum Gasteiger partial charge on any atom is -0.422 e. The summed E-state index contributed by atoms with van der Waals surface area (Å²) >= 11 is 11.9. The Labute approximate surface area is 168 Å². The molecule has 2 rings (SSSR count). The highest BCUT2D eigenvalue weighted by Gasteiger charge is 2.21. The average Bonchev–Trinajstić information content (AvgIpc) is 2.57. The third-order valence-corrected chi connectivity index (χ3v) is 5.71. The van der Waals surface area contributed by atoms with Crippen molar-refractivity contribution in [2.45, 2.75) is 6.92 Å². The third-order valence-electron chi connectivity index (χ3n) is 2.99. The van der Waals surface area contributed by atoms with Gasteiger partial charge < -0.3 is 9.42 Å². The Kier molecular flexibility index (Phi) is 7.61. The quantitative estimate of drug-likeness (QED) is 0.241. The van der Waals surface area contributed by atoms with Crippen molar-refractivity contribution in [3.8, 4) is 5.75 Å². The summed E-state index contributed by atoms with van der Waals surface area (Å²) in [7, 11) is 1.59. The normalized spacial score (nSPS) is 14.0. The largest absolute Gasteiger partial charge is 0.422 e. The van der Waals surface area contributed by atoms with Crippen LogP contribution in [0.25, 0.3) is 0 Å². The van der Waals surface area contributed by atoms with Crippen molar-refractivity contribution in [3.63, 3.8) is 0 Å². The van der Waals surface area contributed by atoms with Crippen molar-refractivity contribution in [2.75, 3.05) is 13.7 Å². The van der Waals surface area contributed by atoms with Gasteiger partial charge >= 0.3 is 6.72 Å². The minimum atomic E-state index is -3.34. The third kappa shape index (κ3) is 5.88. The lowest BCUT2D eigenvalue weighted by Gasteiger charge is -2.17. The molecule has 0 aliphatic heterocycles. The molecule has 0 saturated heterocycles. The molecule has 0 amide bonds. The van der Waals surface area contributed by atoms with Gasteiger partial charge in [-0.25, -0.2) is 0 Å². The zero-order valence-corrected chi connectivity index (χ0v) is 18.4. The summed E-state index contributed by atoms with van der Waals surface area (Å²) in [6, 6.07) is 13.3. The minimum absolute atomic E-state index is 0.273. The summed E-state index contributed by atoms with van der Waals surface area (Å²) in [5, 5.41) is 0. The van der Waals surface area contributed by atoms with Gasteiger partial charge in [-0.2, -0.15) is 0 Å². The highest BCUT2D eigenvalue weighted by Crippen LogP contribution is 2.48. The number of rotatable bonds is 7. The van der Waals surface area contributed by atoms with Gasteiger partial charge in [0, 0.05) is 34.2 Å². The van der Waals surface area contributed by atoms with E-state index in [1.165, 1.54) is 0 Å². The van der Waals surface area contributed by atoms with Crippen LogP contribution >= 0.6 is 38.6 Å². The van der Waals surface area contributed by atoms with Gasteiger partial charge in [0.05, 0.1) is 15.6 Å². The Morgan fingerprint density at radius 2 is 1.80 bits per heavy atom. The maximum atomic E-state index is 10.0. The maximum absolute atomic E-state index is 10.0. The number of para-hydroxylation sites is 1. The highest BCUT2D eigenvalue weighted by atomic mass is 79.9. The molecule has 0 bridgehead atoms.